The Balaban J connectivity index is 2.17. The minimum Gasteiger partial charge on any atom is -0.479 e. The van der Waals surface area contributed by atoms with Gasteiger partial charge in [0.2, 0.25) is 5.88 Å². The number of hydrogen-bond acceptors (Lipinski definition) is 4. The highest BCUT2D eigenvalue weighted by Gasteiger charge is 2.13. The summed E-state index contributed by atoms with van der Waals surface area (Å²) in [7, 11) is 1.58. The minimum atomic E-state index is 0.465. The third-order valence-corrected chi connectivity index (χ3v) is 3.27. The zero-order chi connectivity index (χ0) is 14.7. The molecular formula is C17H15N3O. The first-order chi connectivity index (χ1) is 10.3. The topological polar surface area (TPSA) is 61.0 Å². The fraction of sp³-hybridized carbons (Fsp3) is 0.0588. The molecule has 4 nitrogen and oxygen atoms in total. The highest BCUT2D eigenvalue weighted by atomic mass is 16.5. The standard InChI is InChI=1S/C17H15N3O/c1-21-17-14(13-9-5-6-10-15(13)18)11-16(19-20-17)12-7-3-2-4-8-12/h2-11H,18H2,1H3. The molecule has 0 saturated carbocycles. The smallest absolute Gasteiger partial charge is 0.241 e. The Morgan fingerprint density at radius 1 is 0.857 bits per heavy atom. The second-order valence-corrected chi connectivity index (χ2v) is 4.61. The summed E-state index contributed by atoms with van der Waals surface area (Å²) >= 11 is 0. The van der Waals surface area contributed by atoms with Gasteiger partial charge < -0.3 is 10.5 Å². The Labute approximate surface area is 123 Å². The van der Waals surface area contributed by atoms with E-state index in [4.69, 9.17) is 10.5 Å². The molecule has 0 fully saturated rings. The number of nitrogens with zero attached hydrogens (tertiary/aromatic N) is 2. The van der Waals surface area contributed by atoms with Crippen LogP contribution < -0.4 is 10.5 Å². The molecule has 0 saturated heterocycles. The first-order valence-corrected chi connectivity index (χ1v) is 6.61. The number of methoxy groups -OCH3 is 1. The number of para-hydroxylation sites is 1. The van der Waals surface area contributed by atoms with Gasteiger partial charge in [0.05, 0.1) is 12.8 Å². The average Bonchev–Trinajstić information content (AvgIpc) is 2.55. The van der Waals surface area contributed by atoms with Crippen LogP contribution in [0.5, 0.6) is 5.88 Å². The van der Waals surface area contributed by atoms with Crippen molar-refractivity contribution in [2.24, 2.45) is 0 Å². The van der Waals surface area contributed by atoms with Gasteiger partial charge in [0.15, 0.2) is 0 Å². The molecule has 3 rings (SSSR count). The van der Waals surface area contributed by atoms with Crippen LogP contribution in [-0.4, -0.2) is 17.3 Å². The number of anilines is 1. The molecule has 21 heavy (non-hydrogen) atoms. The lowest BCUT2D eigenvalue weighted by Crippen LogP contribution is -1.98. The highest BCUT2D eigenvalue weighted by molar-refractivity contribution is 5.81. The van der Waals surface area contributed by atoms with E-state index >= 15 is 0 Å². The van der Waals surface area contributed by atoms with Gasteiger partial charge in [0.1, 0.15) is 0 Å². The first kappa shape index (κ1) is 13.1. The molecule has 0 amide bonds. The van der Waals surface area contributed by atoms with Gasteiger partial charge in [-0.15, -0.1) is 10.2 Å². The van der Waals surface area contributed by atoms with Crippen molar-refractivity contribution in [3.05, 3.63) is 60.7 Å². The molecule has 0 unspecified atom stereocenters. The van der Waals surface area contributed by atoms with Gasteiger partial charge in [-0.1, -0.05) is 48.5 Å². The van der Waals surface area contributed by atoms with Crippen molar-refractivity contribution in [3.63, 3.8) is 0 Å². The largest absolute Gasteiger partial charge is 0.479 e. The molecule has 0 atom stereocenters. The monoisotopic (exact) mass is 277 g/mol. The van der Waals surface area contributed by atoms with Crippen molar-refractivity contribution in [1.82, 2.24) is 10.2 Å². The maximum absolute atomic E-state index is 6.06. The lowest BCUT2D eigenvalue weighted by Gasteiger charge is -2.11. The third-order valence-electron chi connectivity index (χ3n) is 3.27. The predicted molar refractivity (Wildman–Crippen MR) is 83.9 cm³/mol. The second kappa shape index (κ2) is 5.63. The van der Waals surface area contributed by atoms with Crippen molar-refractivity contribution >= 4 is 5.69 Å². The van der Waals surface area contributed by atoms with E-state index in [1.807, 2.05) is 60.7 Å². The lowest BCUT2D eigenvalue weighted by atomic mass is 10.0. The van der Waals surface area contributed by atoms with Gasteiger partial charge >= 0.3 is 0 Å². The van der Waals surface area contributed by atoms with E-state index < -0.39 is 0 Å². The summed E-state index contributed by atoms with van der Waals surface area (Å²) in [5.41, 5.74) is 10.3. The third kappa shape index (κ3) is 2.56. The molecule has 0 spiro atoms. The van der Waals surface area contributed by atoms with Gasteiger partial charge in [-0.3, -0.25) is 0 Å². The van der Waals surface area contributed by atoms with Gasteiger partial charge in [-0.2, -0.15) is 0 Å². The van der Waals surface area contributed by atoms with E-state index in [1.54, 1.807) is 7.11 Å². The summed E-state index contributed by atoms with van der Waals surface area (Å²) < 4.78 is 5.32. The Hall–Kier alpha value is -2.88. The number of benzene rings is 2. The Bertz CT molecular complexity index is 757. The van der Waals surface area contributed by atoms with Crippen LogP contribution in [0.15, 0.2) is 60.7 Å². The number of nitrogen functional groups attached to an aromatic ring is 1. The average molecular weight is 277 g/mol. The van der Waals surface area contributed by atoms with Gasteiger partial charge in [-0.25, -0.2) is 0 Å². The van der Waals surface area contributed by atoms with Crippen LogP contribution in [0.2, 0.25) is 0 Å². The predicted octanol–water partition coefficient (Wildman–Crippen LogP) is 3.40. The molecule has 2 N–H and O–H groups in total. The maximum atomic E-state index is 6.06. The molecule has 1 heterocycles. The summed E-state index contributed by atoms with van der Waals surface area (Å²) in [5.74, 6) is 0.465. The Kier molecular flexibility index (Phi) is 3.51. The van der Waals surface area contributed by atoms with Crippen LogP contribution in [0.1, 0.15) is 0 Å². The van der Waals surface area contributed by atoms with E-state index in [2.05, 4.69) is 10.2 Å². The first-order valence-electron chi connectivity index (χ1n) is 6.61. The minimum absolute atomic E-state index is 0.465. The second-order valence-electron chi connectivity index (χ2n) is 4.61. The number of rotatable bonds is 3. The molecule has 2 aromatic carbocycles. The molecule has 4 heteroatoms. The van der Waals surface area contributed by atoms with Gasteiger partial charge in [-0.05, 0) is 12.1 Å². The van der Waals surface area contributed by atoms with Gasteiger partial charge in [0.25, 0.3) is 0 Å². The molecule has 0 aliphatic rings. The van der Waals surface area contributed by atoms with Crippen LogP contribution in [0.4, 0.5) is 5.69 Å². The van der Waals surface area contributed by atoms with Crippen molar-refractivity contribution in [2.45, 2.75) is 0 Å². The van der Waals surface area contributed by atoms with Crippen LogP contribution in [0, 0.1) is 0 Å². The number of hydrogen-bond donors (Lipinski definition) is 1. The van der Waals surface area contributed by atoms with E-state index in [9.17, 15) is 0 Å². The van der Waals surface area contributed by atoms with Gasteiger partial charge in [0, 0.05) is 22.4 Å². The highest BCUT2D eigenvalue weighted by Crippen LogP contribution is 2.34. The number of ether oxygens (including phenoxy) is 1. The lowest BCUT2D eigenvalue weighted by molar-refractivity contribution is 0.394. The normalized spacial score (nSPS) is 10.3. The zero-order valence-electron chi connectivity index (χ0n) is 11.7. The number of aromatic nitrogens is 2. The van der Waals surface area contributed by atoms with E-state index in [-0.39, 0.29) is 0 Å². The Morgan fingerprint density at radius 2 is 1.57 bits per heavy atom. The number of nitrogens with two attached hydrogens (primary N) is 1. The summed E-state index contributed by atoms with van der Waals surface area (Å²) in [4.78, 5) is 0. The van der Waals surface area contributed by atoms with Crippen LogP contribution in [0.3, 0.4) is 0 Å². The zero-order valence-corrected chi connectivity index (χ0v) is 11.7. The van der Waals surface area contributed by atoms with E-state index in [1.165, 1.54) is 0 Å². The maximum Gasteiger partial charge on any atom is 0.241 e. The fourth-order valence-electron chi connectivity index (χ4n) is 2.22. The SMILES string of the molecule is COc1nnc(-c2ccccc2)cc1-c1ccccc1N. The summed E-state index contributed by atoms with van der Waals surface area (Å²) in [6.45, 7) is 0. The van der Waals surface area contributed by atoms with Crippen molar-refractivity contribution in [2.75, 3.05) is 12.8 Å². The fourth-order valence-corrected chi connectivity index (χ4v) is 2.22. The van der Waals surface area contributed by atoms with Crippen LogP contribution >= 0.6 is 0 Å². The molecule has 0 radical (unpaired) electrons. The molecule has 0 aliphatic heterocycles. The van der Waals surface area contributed by atoms with Crippen molar-refractivity contribution in [3.8, 4) is 28.3 Å². The Morgan fingerprint density at radius 3 is 2.29 bits per heavy atom. The van der Waals surface area contributed by atoms with Crippen molar-refractivity contribution in [1.29, 1.82) is 0 Å². The summed E-state index contributed by atoms with van der Waals surface area (Å²) in [6.07, 6.45) is 0. The van der Waals surface area contributed by atoms with E-state index in [0.717, 1.165) is 22.4 Å². The molecule has 0 aliphatic carbocycles. The summed E-state index contributed by atoms with van der Waals surface area (Å²) in [6, 6.07) is 19.5. The van der Waals surface area contributed by atoms with Crippen LogP contribution in [0.25, 0.3) is 22.4 Å². The van der Waals surface area contributed by atoms with Crippen LogP contribution in [-0.2, 0) is 0 Å². The molecule has 3 aromatic rings. The molecule has 0 bridgehead atoms. The molecule has 1 aromatic heterocycles. The summed E-state index contributed by atoms with van der Waals surface area (Å²) in [5, 5.41) is 8.38. The molecule has 104 valence electrons. The van der Waals surface area contributed by atoms with Crippen molar-refractivity contribution < 1.29 is 4.74 Å². The quantitative estimate of drug-likeness (QED) is 0.745. The van der Waals surface area contributed by atoms with E-state index in [0.29, 0.717) is 11.6 Å². The molecular weight excluding hydrogens is 262 g/mol.